The average molecular weight is 297 g/mol. The minimum Gasteiger partial charge on any atom is -0.435 e. The first-order chi connectivity index (χ1) is 10.0. The number of aromatic nitrogens is 2. The summed E-state index contributed by atoms with van der Waals surface area (Å²) >= 11 is 0. The summed E-state index contributed by atoms with van der Waals surface area (Å²) in [7, 11) is 0. The standard InChI is InChI=1S/C14H17F2N3O2/c1-9(2)7-12-18-13(21-19-12)8-17-10-3-5-11(6-4-10)20-14(15)16/h3-6,9,14,17H,7-8H2,1-2H3. The van der Waals surface area contributed by atoms with Crippen LogP contribution in [0, 0.1) is 5.92 Å². The molecule has 5 nitrogen and oxygen atoms in total. The Hall–Kier alpha value is -2.18. The number of nitrogens with one attached hydrogen (secondary N) is 1. The first-order valence-corrected chi connectivity index (χ1v) is 6.63. The summed E-state index contributed by atoms with van der Waals surface area (Å²) in [6.07, 6.45) is 0.767. The van der Waals surface area contributed by atoms with E-state index in [1.54, 1.807) is 12.1 Å². The van der Waals surface area contributed by atoms with Crippen LogP contribution in [-0.4, -0.2) is 16.8 Å². The zero-order valence-corrected chi connectivity index (χ0v) is 11.8. The number of rotatable bonds is 7. The second kappa shape index (κ2) is 7.01. The fraction of sp³-hybridized carbons (Fsp3) is 0.429. The fourth-order valence-corrected chi connectivity index (χ4v) is 1.74. The highest BCUT2D eigenvalue weighted by Gasteiger charge is 2.08. The van der Waals surface area contributed by atoms with Gasteiger partial charge in [0.1, 0.15) is 5.75 Å². The number of hydrogen-bond acceptors (Lipinski definition) is 5. The Morgan fingerprint density at radius 2 is 1.95 bits per heavy atom. The quantitative estimate of drug-likeness (QED) is 0.847. The predicted octanol–water partition coefficient (Wildman–Crippen LogP) is 3.48. The van der Waals surface area contributed by atoms with Crippen molar-refractivity contribution in [1.29, 1.82) is 0 Å². The van der Waals surface area contributed by atoms with Gasteiger partial charge in [-0.05, 0) is 30.2 Å². The van der Waals surface area contributed by atoms with Crippen LogP contribution in [0.15, 0.2) is 28.8 Å². The zero-order chi connectivity index (χ0) is 15.2. The maximum Gasteiger partial charge on any atom is 0.387 e. The van der Waals surface area contributed by atoms with Gasteiger partial charge in [-0.2, -0.15) is 13.8 Å². The van der Waals surface area contributed by atoms with E-state index in [0.717, 1.165) is 12.1 Å². The van der Waals surface area contributed by atoms with Gasteiger partial charge in [-0.25, -0.2) is 0 Å². The summed E-state index contributed by atoms with van der Waals surface area (Å²) < 4.78 is 33.4. The number of halogens is 2. The molecule has 2 aromatic rings. The predicted molar refractivity (Wildman–Crippen MR) is 73.2 cm³/mol. The highest BCUT2D eigenvalue weighted by molar-refractivity contribution is 5.46. The maximum absolute atomic E-state index is 12.0. The van der Waals surface area contributed by atoms with Crippen molar-refractivity contribution in [3.8, 4) is 5.75 Å². The molecule has 1 aromatic heterocycles. The molecule has 0 saturated carbocycles. The molecule has 21 heavy (non-hydrogen) atoms. The molecule has 1 heterocycles. The van der Waals surface area contributed by atoms with Crippen molar-refractivity contribution in [3.05, 3.63) is 36.0 Å². The third kappa shape index (κ3) is 5.02. The highest BCUT2D eigenvalue weighted by Crippen LogP contribution is 2.18. The van der Waals surface area contributed by atoms with E-state index in [9.17, 15) is 8.78 Å². The Morgan fingerprint density at radius 3 is 2.57 bits per heavy atom. The van der Waals surface area contributed by atoms with Crippen LogP contribution in [0.25, 0.3) is 0 Å². The van der Waals surface area contributed by atoms with Crippen LogP contribution >= 0.6 is 0 Å². The molecule has 1 aromatic carbocycles. The lowest BCUT2D eigenvalue weighted by Gasteiger charge is -2.06. The summed E-state index contributed by atoms with van der Waals surface area (Å²) in [5.74, 6) is 1.75. The molecule has 0 aliphatic rings. The average Bonchev–Trinajstić information content (AvgIpc) is 2.84. The monoisotopic (exact) mass is 297 g/mol. The van der Waals surface area contributed by atoms with E-state index in [4.69, 9.17) is 4.52 Å². The van der Waals surface area contributed by atoms with Crippen LogP contribution in [0.5, 0.6) is 5.75 Å². The molecule has 0 bridgehead atoms. The van der Waals surface area contributed by atoms with Gasteiger partial charge in [-0.3, -0.25) is 0 Å². The van der Waals surface area contributed by atoms with Crippen LogP contribution in [-0.2, 0) is 13.0 Å². The Bertz CT molecular complexity index is 556. The van der Waals surface area contributed by atoms with E-state index in [1.807, 2.05) is 0 Å². The SMILES string of the molecule is CC(C)Cc1noc(CNc2ccc(OC(F)F)cc2)n1. The largest absolute Gasteiger partial charge is 0.435 e. The summed E-state index contributed by atoms with van der Waals surface area (Å²) in [6, 6.07) is 6.21. The lowest BCUT2D eigenvalue weighted by molar-refractivity contribution is -0.0498. The second-order valence-corrected chi connectivity index (χ2v) is 4.96. The molecular formula is C14H17F2N3O2. The van der Waals surface area contributed by atoms with Gasteiger partial charge in [0.2, 0.25) is 5.89 Å². The second-order valence-electron chi connectivity index (χ2n) is 4.96. The summed E-state index contributed by atoms with van der Waals surface area (Å²) in [6.45, 7) is 1.72. The molecule has 1 N–H and O–H groups in total. The minimum atomic E-state index is -2.82. The summed E-state index contributed by atoms with van der Waals surface area (Å²) in [5, 5.41) is 6.95. The molecule has 0 aliphatic carbocycles. The number of anilines is 1. The number of ether oxygens (including phenoxy) is 1. The third-order valence-corrected chi connectivity index (χ3v) is 2.62. The first-order valence-electron chi connectivity index (χ1n) is 6.63. The van der Waals surface area contributed by atoms with Crippen LogP contribution in [0.2, 0.25) is 0 Å². The first kappa shape index (κ1) is 15.2. The molecule has 0 amide bonds. The van der Waals surface area contributed by atoms with E-state index in [0.29, 0.717) is 24.2 Å². The van der Waals surface area contributed by atoms with E-state index in [1.165, 1.54) is 12.1 Å². The third-order valence-electron chi connectivity index (χ3n) is 2.62. The van der Waals surface area contributed by atoms with Gasteiger partial charge >= 0.3 is 6.61 Å². The lowest BCUT2D eigenvalue weighted by atomic mass is 10.1. The van der Waals surface area contributed by atoms with Gasteiger partial charge < -0.3 is 14.6 Å². The minimum absolute atomic E-state index is 0.118. The van der Waals surface area contributed by atoms with Crippen molar-refractivity contribution in [2.75, 3.05) is 5.32 Å². The Balaban J connectivity index is 1.86. The van der Waals surface area contributed by atoms with Crippen molar-refractivity contribution in [2.24, 2.45) is 5.92 Å². The molecule has 114 valence electrons. The van der Waals surface area contributed by atoms with Crippen LogP contribution in [0.1, 0.15) is 25.6 Å². The smallest absolute Gasteiger partial charge is 0.387 e. The van der Waals surface area contributed by atoms with Gasteiger partial charge in [0.15, 0.2) is 5.82 Å². The van der Waals surface area contributed by atoms with E-state index in [-0.39, 0.29) is 5.75 Å². The molecule has 0 aliphatic heterocycles. The van der Waals surface area contributed by atoms with Gasteiger partial charge in [0.05, 0.1) is 6.54 Å². The lowest BCUT2D eigenvalue weighted by Crippen LogP contribution is -2.03. The van der Waals surface area contributed by atoms with Gasteiger partial charge in [0.25, 0.3) is 0 Å². The molecule has 0 unspecified atom stereocenters. The molecular weight excluding hydrogens is 280 g/mol. The molecule has 0 atom stereocenters. The van der Waals surface area contributed by atoms with Gasteiger partial charge in [-0.15, -0.1) is 0 Å². The van der Waals surface area contributed by atoms with E-state index in [2.05, 4.69) is 34.0 Å². The van der Waals surface area contributed by atoms with Crippen molar-refractivity contribution in [3.63, 3.8) is 0 Å². The topological polar surface area (TPSA) is 60.2 Å². The number of alkyl halides is 2. The van der Waals surface area contributed by atoms with Crippen molar-refractivity contribution < 1.29 is 18.0 Å². The number of benzene rings is 1. The Kier molecular flexibility index (Phi) is 5.08. The van der Waals surface area contributed by atoms with Crippen LogP contribution in [0.4, 0.5) is 14.5 Å². The van der Waals surface area contributed by atoms with E-state index >= 15 is 0 Å². The Labute approximate surface area is 121 Å². The van der Waals surface area contributed by atoms with E-state index < -0.39 is 6.61 Å². The zero-order valence-electron chi connectivity index (χ0n) is 11.8. The number of hydrogen-bond donors (Lipinski definition) is 1. The summed E-state index contributed by atoms with van der Waals surface area (Å²) in [4.78, 5) is 4.26. The maximum atomic E-state index is 12.0. The molecule has 7 heteroatoms. The molecule has 2 rings (SSSR count). The van der Waals surface area contributed by atoms with Gasteiger partial charge in [-0.1, -0.05) is 19.0 Å². The molecule has 0 saturated heterocycles. The van der Waals surface area contributed by atoms with Crippen molar-refractivity contribution >= 4 is 5.69 Å². The highest BCUT2D eigenvalue weighted by atomic mass is 19.3. The summed E-state index contributed by atoms with van der Waals surface area (Å²) in [5.41, 5.74) is 0.750. The van der Waals surface area contributed by atoms with Crippen molar-refractivity contribution in [1.82, 2.24) is 10.1 Å². The molecule has 0 fully saturated rings. The van der Waals surface area contributed by atoms with Gasteiger partial charge in [0, 0.05) is 12.1 Å². The molecule has 0 radical (unpaired) electrons. The number of nitrogens with zero attached hydrogens (tertiary/aromatic N) is 2. The fourth-order valence-electron chi connectivity index (χ4n) is 1.74. The Morgan fingerprint density at radius 1 is 1.24 bits per heavy atom. The van der Waals surface area contributed by atoms with Crippen molar-refractivity contribution in [2.45, 2.75) is 33.4 Å². The normalized spacial score (nSPS) is 11.1. The van der Waals surface area contributed by atoms with Crippen LogP contribution in [0.3, 0.4) is 0 Å². The van der Waals surface area contributed by atoms with Crippen LogP contribution < -0.4 is 10.1 Å². The molecule has 0 spiro atoms.